The molecule has 0 aliphatic carbocycles. The zero-order valence-electron chi connectivity index (χ0n) is 11.8. The fourth-order valence-corrected chi connectivity index (χ4v) is 5.30. The number of hydrogen-bond donors (Lipinski definition) is 0. The van der Waals surface area contributed by atoms with Crippen LogP contribution in [0.25, 0.3) is 0 Å². The van der Waals surface area contributed by atoms with Crippen LogP contribution in [0.1, 0.15) is 0 Å². The van der Waals surface area contributed by atoms with Gasteiger partial charge in [0, 0.05) is 22.2 Å². The Bertz CT molecular complexity index is 551. The van der Waals surface area contributed by atoms with Gasteiger partial charge < -0.3 is 16.9 Å². The Morgan fingerprint density at radius 2 is 1.43 bits per heavy atom. The summed E-state index contributed by atoms with van der Waals surface area (Å²) in [7, 11) is 3.28. The van der Waals surface area contributed by atoms with Crippen molar-refractivity contribution < 1.29 is 61.8 Å². The molecule has 0 bridgehead atoms. The second-order valence-electron chi connectivity index (χ2n) is 3.59. The smallest absolute Gasteiger partial charge is 0.550 e. The number of hydrogen-bond acceptors (Lipinski definition) is 2. The molecular formula is C15H14Cl2IO2U+. The third kappa shape index (κ3) is 5.84. The monoisotopic (exact) mass is 661 g/mol. The van der Waals surface area contributed by atoms with Crippen molar-refractivity contribution in [3.05, 3.63) is 61.0 Å². The maximum absolute atomic E-state index is 6.03. The van der Waals surface area contributed by atoms with Crippen molar-refractivity contribution >= 4 is 23.2 Å². The summed E-state index contributed by atoms with van der Waals surface area (Å²) >= 11 is 11.6. The van der Waals surface area contributed by atoms with E-state index in [1.165, 1.54) is 0 Å². The van der Waals surface area contributed by atoms with Crippen LogP contribution < -0.4 is 30.7 Å². The Kier molecular flexibility index (Phi) is 10.4. The molecule has 0 saturated carbocycles. The summed E-state index contributed by atoms with van der Waals surface area (Å²) in [6, 6.07) is 12.2. The van der Waals surface area contributed by atoms with Gasteiger partial charge in [0.25, 0.3) is 0 Å². The molecule has 0 fully saturated rings. The summed E-state index contributed by atoms with van der Waals surface area (Å²) in [5.41, 5.74) is 0. The van der Waals surface area contributed by atoms with E-state index < -0.39 is 21.2 Å². The number of rotatable bonds is 4. The normalized spacial score (nSPS) is 9.33. The van der Waals surface area contributed by atoms with Gasteiger partial charge in [-0.15, -0.1) is 12.1 Å². The Morgan fingerprint density at radius 3 is 1.86 bits per heavy atom. The molecule has 2 rings (SSSR count). The van der Waals surface area contributed by atoms with Gasteiger partial charge in [0.1, 0.15) is 0 Å². The minimum absolute atomic E-state index is 0. The second kappa shape index (κ2) is 10.2. The molecule has 2 aromatic rings. The van der Waals surface area contributed by atoms with E-state index in [1.807, 2.05) is 24.3 Å². The average molecular weight is 662 g/mol. The Balaban J connectivity index is 0.00000200. The van der Waals surface area contributed by atoms with Gasteiger partial charge >= 0.3 is 52.3 Å². The van der Waals surface area contributed by atoms with Crippen LogP contribution >= 0.6 is 23.2 Å². The molecule has 0 aliphatic rings. The van der Waals surface area contributed by atoms with Crippen molar-refractivity contribution in [2.75, 3.05) is 14.2 Å². The molecule has 0 saturated heterocycles. The standard InChI is InChI=1S/C14H11Cl2IO2.CH3.U/c1-18-12-4-3-5-13(19-2)14(12)17-11-7-9(15)6-10(16)8-11;;/h4-8H,1-2H3;1H3;/q;-1;+2. The summed E-state index contributed by atoms with van der Waals surface area (Å²) in [6.45, 7) is 0. The fraction of sp³-hybridized carbons (Fsp3) is 0.133. The molecule has 0 heterocycles. The first-order chi connectivity index (χ1) is 9.13. The number of benzene rings is 2. The zero-order valence-corrected chi connectivity index (χ0v) is 19.7. The van der Waals surface area contributed by atoms with E-state index in [2.05, 4.69) is 6.07 Å². The number of methoxy groups -OCH3 is 2. The molecule has 0 spiro atoms. The summed E-state index contributed by atoms with van der Waals surface area (Å²) in [5, 5.41) is 1.28. The van der Waals surface area contributed by atoms with Crippen molar-refractivity contribution in [3.63, 3.8) is 0 Å². The molecular weight excluding hydrogens is 648 g/mol. The van der Waals surface area contributed by atoms with E-state index in [1.54, 1.807) is 20.3 Å². The van der Waals surface area contributed by atoms with Gasteiger partial charge in [0.05, 0.1) is 25.7 Å². The van der Waals surface area contributed by atoms with Gasteiger partial charge in [0.15, 0.2) is 7.14 Å². The second-order valence-corrected chi connectivity index (χ2v) is 7.32. The molecule has 2 aromatic carbocycles. The zero-order chi connectivity index (χ0) is 13.8. The van der Waals surface area contributed by atoms with Crippen LogP contribution in [0.15, 0.2) is 30.3 Å². The Labute approximate surface area is 170 Å². The number of halogens is 3. The quantitative estimate of drug-likeness (QED) is 0.365. The molecule has 21 heavy (non-hydrogen) atoms. The molecule has 2 nitrogen and oxygen atoms in total. The van der Waals surface area contributed by atoms with E-state index in [0.717, 1.165) is 18.6 Å². The van der Waals surface area contributed by atoms with E-state index in [0.29, 0.717) is 10.0 Å². The van der Waals surface area contributed by atoms with E-state index in [9.17, 15) is 0 Å². The molecule has 0 aromatic heterocycles. The third-order valence-corrected chi connectivity index (χ3v) is 5.62. The van der Waals surface area contributed by atoms with Crippen molar-refractivity contribution in [2.24, 2.45) is 0 Å². The molecule has 6 heteroatoms. The average Bonchev–Trinajstić information content (AvgIpc) is 2.37. The first-order valence-electron chi connectivity index (χ1n) is 5.37. The summed E-state index contributed by atoms with van der Waals surface area (Å²) in [4.78, 5) is 0. The van der Waals surface area contributed by atoms with Crippen LogP contribution in [-0.4, -0.2) is 14.2 Å². The maximum atomic E-state index is 6.03. The first kappa shape index (κ1) is 21.4. The third-order valence-electron chi connectivity index (χ3n) is 2.33. The van der Waals surface area contributed by atoms with Gasteiger partial charge in [-0.1, -0.05) is 23.2 Å². The minimum Gasteiger partial charge on any atom is -0.550 e. The predicted octanol–water partition coefficient (Wildman–Crippen LogP) is 1.39. The van der Waals surface area contributed by atoms with E-state index >= 15 is 0 Å². The molecule has 110 valence electrons. The molecule has 0 unspecified atom stereocenters. The predicted molar refractivity (Wildman–Crippen MR) is 78.7 cm³/mol. The summed E-state index contributed by atoms with van der Waals surface area (Å²) in [5.74, 6) is 1.56. The van der Waals surface area contributed by atoms with E-state index in [4.69, 9.17) is 32.7 Å². The summed E-state index contributed by atoms with van der Waals surface area (Å²) < 4.78 is 12.9. The fourth-order valence-electron chi connectivity index (χ4n) is 1.52. The molecule has 0 amide bonds. The van der Waals surface area contributed by atoms with Gasteiger partial charge in [-0.25, -0.2) is 0 Å². The van der Waals surface area contributed by atoms with Gasteiger partial charge in [-0.3, -0.25) is 0 Å². The topological polar surface area (TPSA) is 18.5 Å². The Hall–Kier alpha value is 0.402. The van der Waals surface area contributed by atoms with Crippen LogP contribution in [0.4, 0.5) is 0 Å². The van der Waals surface area contributed by atoms with Crippen LogP contribution in [0.3, 0.4) is 0 Å². The van der Waals surface area contributed by atoms with Gasteiger partial charge in [-0.2, -0.15) is 6.07 Å². The van der Waals surface area contributed by atoms with Crippen molar-refractivity contribution in [1.82, 2.24) is 0 Å². The van der Waals surface area contributed by atoms with Crippen molar-refractivity contribution in [2.45, 2.75) is 0 Å². The number of ether oxygens (including phenoxy) is 2. The molecule has 0 atom stereocenters. The SMILES string of the molecule is COc1c[c-]cc(OC)c1[I+]c1cc(Cl)cc(Cl)c1.[CH3-].[U+2]. The van der Waals surface area contributed by atoms with E-state index in [-0.39, 0.29) is 38.5 Å². The van der Waals surface area contributed by atoms with Crippen LogP contribution in [0, 0.1) is 51.7 Å². The van der Waals surface area contributed by atoms with Gasteiger partial charge in [-0.05, 0) is 6.07 Å². The van der Waals surface area contributed by atoms with Gasteiger partial charge in [0.2, 0.25) is 0 Å². The maximum Gasteiger partial charge on any atom is 2.00 e. The molecule has 0 N–H and O–H groups in total. The van der Waals surface area contributed by atoms with Crippen LogP contribution in [-0.2, 0) is 0 Å². The molecule has 0 aliphatic heterocycles. The summed E-state index contributed by atoms with van der Waals surface area (Å²) in [6.07, 6.45) is 0. The van der Waals surface area contributed by atoms with Crippen LogP contribution in [0.5, 0.6) is 11.5 Å². The largest absolute Gasteiger partial charge is 2.00 e. The van der Waals surface area contributed by atoms with Crippen molar-refractivity contribution in [3.8, 4) is 11.5 Å². The van der Waals surface area contributed by atoms with Crippen LogP contribution in [0.2, 0.25) is 10.0 Å². The minimum atomic E-state index is -0.500. The first-order valence-corrected chi connectivity index (χ1v) is 8.28. The Morgan fingerprint density at radius 1 is 0.952 bits per heavy atom. The van der Waals surface area contributed by atoms with Crippen molar-refractivity contribution in [1.29, 1.82) is 0 Å². The molecule has 0 radical (unpaired) electrons.